The summed E-state index contributed by atoms with van der Waals surface area (Å²) in [6.07, 6.45) is 2.39. The van der Waals surface area contributed by atoms with E-state index in [0.29, 0.717) is 54.0 Å². The van der Waals surface area contributed by atoms with Gasteiger partial charge in [-0.1, -0.05) is 17.7 Å². The first kappa shape index (κ1) is 28.0. The maximum atomic E-state index is 14.2. The summed E-state index contributed by atoms with van der Waals surface area (Å²) in [6.45, 7) is 1.80. The molecule has 1 aromatic carbocycles. The van der Waals surface area contributed by atoms with Crippen LogP contribution in [0.3, 0.4) is 0 Å². The number of aryl methyl sites for hydroxylation is 1. The highest BCUT2D eigenvalue weighted by Crippen LogP contribution is 2.42. The van der Waals surface area contributed by atoms with Gasteiger partial charge in [-0.05, 0) is 51.1 Å². The molecule has 1 N–H and O–H groups in total. The lowest BCUT2D eigenvalue weighted by Crippen LogP contribution is -2.61. The minimum atomic E-state index is -1.22. The minimum absolute atomic E-state index is 0.0579. The number of rotatable bonds is 10. The molecule has 0 radical (unpaired) electrons. The number of ether oxygens (including phenoxy) is 3. The number of likely N-dealkylation sites (N-methyl/N-ethyl adjacent to an activating group) is 1. The van der Waals surface area contributed by atoms with E-state index in [0.717, 1.165) is 25.0 Å². The van der Waals surface area contributed by atoms with Gasteiger partial charge in [0, 0.05) is 25.8 Å². The topological polar surface area (TPSA) is 106 Å². The molecule has 5 rings (SSSR count). The van der Waals surface area contributed by atoms with Crippen LogP contribution < -0.4 is 10.2 Å². The van der Waals surface area contributed by atoms with E-state index in [2.05, 4.69) is 5.32 Å². The average molecular weight is 582 g/mol. The van der Waals surface area contributed by atoms with Crippen molar-refractivity contribution in [3.63, 3.8) is 0 Å². The van der Waals surface area contributed by atoms with Crippen LogP contribution in [0.5, 0.6) is 0 Å². The van der Waals surface area contributed by atoms with Crippen LogP contribution in [-0.2, 0) is 37.0 Å². The molecule has 3 heterocycles. The maximum absolute atomic E-state index is 14.2. The second-order valence-corrected chi connectivity index (χ2v) is 12.5. The molecule has 1 unspecified atom stereocenters. The Balaban J connectivity index is 1.32. The molecule has 39 heavy (non-hydrogen) atoms. The zero-order chi connectivity index (χ0) is 27.8. The molecule has 1 saturated heterocycles. The van der Waals surface area contributed by atoms with Crippen molar-refractivity contribution in [3.05, 3.63) is 40.3 Å². The van der Waals surface area contributed by atoms with Crippen LogP contribution >= 0.6 is 11.6 Å². The number of nitrogens with zero attached hydrogens (tertiary/aromatic N) is 4. The third-order valence-corrected chi connectivity index (χ3v) is 9.37. The van der Waals surface area contributed by atoms with E-state index in [1.54, 1.807) is 13.2 Å². The third kappa shape index (κ3) is 5.70. The molecular formula is C26H33ClFN5O5S. The third-order valence-electron chi connectivity index (χ3n) is 7.61. The molecule has 1 aliphatic carbocycles. The number of halogens is 2. The number of fused-ring (bicyclic) bond motifs is 1. The fourth-order valence-electron chi connectivity index (χ4n) is 5.04. The Hall–Kier alpha value is -2.54. The number of benzene rings is 1. The smallest absolute Gasteiger partial charge is 0.433 e. The average Bonchev–Trinajstić information content (AvgIpc) is 3.23. The lowest BCUT2D eigenvalue weighted by molar-refractivity contribution is -0.0392. The highest BCUT2D eigenvalue weighted by atomic mass is 35.5. The van der Waals surface area contributed by atoms with E-state index in [4.69, 9.17) is 35.8 Å². The van der Waals surface area contributed by atoms with Gasteiger partial charge in [0.15, 0.2) is 0 Å². The van der Waals surface area contributed by atoms with Crippen molar-refractivity contribution in [1.29, 1.82) is 0 Å². The number of nitrogens with one attached hydrogen (secondary N) is 1. The summed E-state index contributed by atoms with van der Waals surface area (Å²) in [5.74, 6) is 0.968. The standard InChI is InChI=1S/C26H33ClFN5O5S/c1-32(2)10-11-37-24(34)38-16-25(8-4-9-25)31-22-21-20(7-12-39(21)35)29-23(30-22)33-14-26(15-33,36-3)17-5-6-18(27)19(28)13-17/h5-6,13H,4,7-12,14-16H2,1-3H3,(H,29,30,31). The summed E-state index contributed by atoms with van der Waals surface area (Å²) in [6, 6.07) is 4.68. The van der Waals surface area contributed by atoms with Crippen LogP contribution in [-0.4, -0.2) is 90.6 Å². The van der Waals surface area contributed by atoms with Crippen molar-refractivity contribution in [2.45, 2.75) is 41.7 Å². The van der Waals surface area contributed by atoms with Gasteiger partial charge in [-0.2, -0.15) is 4.98 Å². The molecule has 0 bridgehead atoms. The Bertz CT molecular complexity index is 1270. The summed E-state index contributed by atoms with van der Waals surface area (Å²) in [4.78, 5) is 26.1. The molecular weight excluding hydrogens is 549 g/mol. The second kappa shape index (κ2) is 11.1. The van der Waals surface area contributed by atoms with E-state index >= 15 is 0 Å². The zero-order valence-electron chi connectivity index (χ0n) is 22.3. The van der Waals surface area contributed by atoms with Crippen molar-refractivity contribution in [1.82, 2.24) is 14.9 Å². The second-order valence-electron chi connectivity index (χ2n) is 10.6. The first-order chi connectivity index (χ1) is 18.6. The van der Waals surface area contributed by atoms with Crippen LogP contribution in [0.25, 0.3) is 0 Å². The van der Waals surface area contributed by atoms with Gasteiger partial charge >= 0.3 is 6.16 Å². The molecule has 0 spiro atoms. The van der Waals surface area contributed by atoms with Crippen molar-refractivity contribution in [2.75, 3.05) is 70.0 Å². The molecule has 2 aliphatic heterocycles. The Morgan fingerprint density at radius 2 is 2.03 bits per heavy atom. The van der Waals surface area contributed by atoms with Gasteiger partial charge in [0.2, 0.25) is 5.95 Å². The van der Waals surface area contributed by atoms with Crippen LogP contribution in [0.2, 0.25) is 5.02 Å². The van der Waals surface area contributed by atoms with E-state index in [9.17, 15) is 13.4 Å². The van der Waals surface area contributed by atoms with Crippen LogP contribution in [0.4, 0.5) is 21.0 Å². The fourth-order valence-corrected chi connectivity index (χ4v) is 6.46. The number of hydrogen-bond acceptors (Lipinski definition) is 10. The maximum Gasteiger partial charge on any atom is 0.508 e. The quantitative estimate of drug-likeness (QED) is 0.420. The van der Waals surface area contributed by atoms with E-state index < -0.39 is 33.9 Å². The normalized spacial score (nSPS) is 20.7. The number of aromatic nitrogens is 2. The molecule has 1 aromatic heterocycles. The SMILES string of the molecule is COC1(c2ccc(Cl)c(F)c2)CN(c2nc3c(c(NC4(COC(=O)OCCN(C)C)CCC4)n2)S(=O)CC3)C1. The zero-order valence-corrected chi connectivity index (χ0v) is 23.9. The number of carbonyl (C=O) groups excluding carboxylic acids is 1. The van der Waals surface area contributed by atoms with Crippen molar-refractivity contribution in [3.8, 4) is 0 Å². The first-order valence-corrected chi connectivity index (χ1v) is 14.6. The molecule has 1 atom stereocenters. The van der Waals surface area contributed by atoms with Gasteiger partial charge in [-0.15, -0.1) is 0 Å². The Kier molecular flexibility index (Phi) is 8.01. The molecule has 0 amide bonds. The molecule has 1 saturated carbocycles. The molecule has 2 fully saturated rings. The summed E-state index contributed by atoms with van der Waals surface area (Å²) in [5, 5.41) is 3.53. The molecule has 2 aromatic rings. The summed E-state index contributed by atoms with van der Waals surface area (Å²) in [5.41, 5.74) is 0.192. The summed E-state index contributed by atoms with van der Waals surface area (Å²) >= 11 is 5.87. The van der Waals surface area contributed by atoms with Crippen LogP contribution in [0, 0.1) is 5.82 Å². The first-order valence-electron chi connectivity index (χ1n) is 12.9. The van der Waals surface area contributed by atoms with Gasteiger partial charge in [-0.3, -0.25) is 4.21 Å². The van der Waals surface area contributed by atoms with Crippen molar-refractivity contribution in [2.24, 2.45) is 0 Å². The lowest BCUT2D eigenvalue weighted by Gasteiger charge is -2.49. The van der Waals surface area contributed by atoms with Gasteiger partial charge in [-0.25, -0.2) is 14.2 Å². The number of hydrogen-bond donors (Lipinski definition) is 1. The Labute approximate surface area is 234 Å². The predicted octanol–water partition coefficient (Wildman–Crippen LogP) is 3.34. The lowest BCUT2D eigenvalue weighted by atomic mass is 9.77. The van der Waals surface area contributed by atoms with E-state index in [1.165, 1.54) is 12.1 Å². The van der Waals surface area contributed by atoms with Gasteiger partial charge in [0.25, 0.3) is 0 Å². The Morgan fingerprint density at radius 3 is 2.67 bits per heavy atom. The highest BCUT2D eigenvalue weighted by molar-refractivity contribution is 7.85. The number of anilines is 2. The highest BCUT2D eigenvalue weighted by Gasteiger charge is 2.47. The van der Waals surface area contributed by atoms with Gasteiger partial charge in [0.1, 0.15) is 35.3 Å². The predicted molar refractivity (Wildman–Crippen MR) is 145 cm³/mol. The van der Waals surface area contributed by atoms with Crippen molar-refractivity contribution < 1.29 is 27.6 Å². The molecule has 212 valence electrons. The van der Waals surface area contributed by atoms with Crippen molar-refractivity contribution >= 4 is 40.3 Å². The van der Waals surface area contributed by atoms with E-state index in [-0.39, 0.29) is 18.2 Å². The van der Waals surface area contributed by atoms with Gasteiger partial charge < -0.3 is 29.3 Å². The minimum Gasteiger partial charge on any atom is -0.433 e. The Morgan fingerprint density at radius 1 is 1.26 bits per heavy atom. The molecule has 10 nitrogen and oxygen atoms in total. The molecule has 13 heteroatoms. The van der Waals surface area contributed by atoms with Crippen LogP contribution in [0.1, 0.15) is 30.5 Å². The summed E-state index contributed by atoms with van der Waals surface area (Å²) in [7, 11) is 4.16. The largest absolute Gasteiger partial charge is 0.508 e. The fraction of sp³-hybridized carbons (Fsp3) is 0.577. The summed E-state index contributed by atoms with van der Waals surface area (Å²) < 4.78 is 43.5. The van der Waals surface area contributed by atoms with Gasteiger partial charge in [0.05, 0.1) is 40.1 Å². The monoisotopic (exact) mass is 581 g/mol. The van der Waals surface area contributed by atoms with Crippen LogP contribution in [0.15, 0.2) is 23.1 Å². The number of carbonyl (C=O) groups is 1. The number of methoxy groups -OCH3 is 1. The molecule has 3 aliphatic rings. The van der Waals surface area contributed by atoms with E-state index in [1.807, 2.05) is 23.9 Å².